The van der Waals surface area contributed by atoms with E-state index in [9.17, 15) is 45.3 Å². The van der Waals surface area contributed by atoms with Crippen LogP contribution in [0, 0.1) is 0 Å². The van der Waals surface area contributed by atoms with Gasteiger partial charge in [0.15, 0.2) is 17.3 Å². The highest BCUT2D eigenvalue weighted by atomic mass is 16.7. The van der Waals surface area contributed by atoms with Crippen molar-refractivity contribution in [1.82, 2.24) is 0 Å². The first-order valence-electron chi connectivity index (χ1n) is 17.8. The fourth-order valence-corrected chi connectivity index (χ4v) is 5.48. The molecule has 1 fully saturated rings. The van der Waals surface area contributed by atoms with Gasteiger partial charge in [-0.1, -0.05) is 67.7 Å². The second-order valence-corrected chi connectivity index (χ2v) is 12.5. The largest absolute Gasteiger partial charge is 0.508 e. The maximum Gasteiger partial charge on any atom is 0.305 e. The van der Waals surface area contributed by atoms with Gasteiger partial charge in [-0.3, -0.25) is 9.59 Å². The molecular formula is C41H48O13. The van der Waals surface area contributed by atoms with Crippen LogP contribution >= 0.6 is 0 Å². The SMILES string of the molecule is CC/C=C\C/C=C\C/C=C\C/C=C\C/C=C\CCCC(=O)OC[C@H]1O[C@@H](Oc2c(-c3ccc(O)c(O)c3)oc3cc(O)cc(O)c3c2=O)[C@H](O)[C@@H](O)[C@@H]1O. The van der Waals surface area contributed by atoms with E-state index >= 15 is 0 Å². The number of ether oxygens (including phenoxy) is 3. The van der Waals surface area contributed by atoms with Crippen LogP contribution in [0.3, 0.4) is 0 Å². The number of benzene rings is 2. The Morgan fingerprint density at radius 1 is 0.759 bits per heavy atom. The van der Waals surface area contributed by atoms with Gasteiger partial charge in [0.2, 0.25) is 17.5 Å². The molecule has 1 aliphatic rings. The lowest BCUT2D eigenvalue weighted by atomic mass is 9.99. The van der Waals surface area contributed by atoms with Gasteiger partial charge in [-0.2, -0.15) is 0 Å². The summed E-state index contributed by atoms with van der Waals surface area (Å²) in [5.41, 5.74) is -1.24. The molecule has 2 aromatic carbocycles. The van der Waals surface area contributed by atoms with Gasteiger partial charge in [-0.15, -0.1) is 0 Å². The summed E-state index contributed by atoms with van der Waals surface area (Å²) >= 11 is 0. The highest BCUT2D eigenvalue weighted by molar-refractivity contribution is 5.88. The van der Waals surface area contributed by atoms with Crippen LogP contribution in [0.5, 0.6) is 28.7 Å². The topological polar surface area (TPSA) is 217 Å². The van der Waals surface area contributed by atoms with E-state index in [0.29, 0.717) is 12.8 Å². The highest BCUT2D eigenvalue weighted by Crippen LogP contribution is 2.39. The number of phenols is 4. The van der Waals surface area contributed by atoms with Crippen LogP contribution in [-0.2, 0) is 14.3 Å². The number of carbonyl (C=O) groups is 1. The molecule has 5 atom stereocenters. The number of aliphatic hydroxyl groups excluding tert-OH is 3. The van der Waals surface area contributed by atoms with Crippen LogP contribution in [0.4, 0.5) is 0 Å². The van der Waals surface area contributed by atoms with Crippen molar-refractivity contribution in [2.45, 2.75) is 89.0 Å². The van der Waals surface area contributed by atoms with Crippen molar-refractivity contribution in [1.29, 1.82) is 0 Å². The zero-order valence-electron chi connectivity index (χ0n) is 30.0. The number of phenolic OH excluding ortho intramolecular Hbond substituents is 4. The van der Waals surface area contributed by atoms with E-state index < -0.39 is 82.8 Å². The number of rotatable bonds is 18. The van der Waals surface area contributed by atoms with E-state index in [-0.39, 0.29) is 23.3 Å². The molecule has 0 unspecified atom stereocenters. The highest BCUT2D eigenvalue weighted by Gasteiger charge is 2.46. The van der Waals surface area contributed by atoms with E-state index in [1.807, 2.05) is 12.2 Å². The Labute approximate surface area is 312 Å². The summed E-state index contributed by atoms with van der Waals surface area (Å²) in [5.74, 6) is -3.73. The molecule has 54 heavy (non-hydrogen) atoms. The molecule has 0 aliphatic carbocycles. The molecule has 0 amide bonds. The summed E-state index contributed by atoms with van der Waals surface area (Å²) in [6.07, 6.45) is 18.1. The Kier molecular flexibility index (Phi) is 15.9. The second-order valence-electron chi connectivity index (χ2n) is 12.5. The molecule has 0 radical (unpaired) electrons. The molecule has 13 heteroatoms. The van der Waals surface area contributed by atoms with Crippen LogP contribution in [-0.4, -0.2) is 79.0 Å². The number of hydrogen-bond acceptors (Lipinski definition) is 13. The summed E-state index contributed by atoms with van der Waals surface area (Å²) in [4.78, 5) is 26.1. The Bertz CT molecular complexity index is 1900. The fourth-order valence-electron chi connectivity index (χ4n) is 5.48. The third-order valence-electron chi connectivity index (χ3n) is 8.38. The van der Waals surface area contributed by atoms with Crippen molar-refractivity contribution >= 4 is 16.9 Å². The molecule has 1 saturated heterocycles. The Morgan fingerprint density at radius 2 is 1.39 bits per heavy atom. The lowest BCUT2D eigenvalue weighted by Gasteiger charge is -2.39. The van der Waals surface area contributed by atoms with Crippen molar-refractivity contribution < 1.29 is 59.2 Å². The zero-order chi connectivity index (χ0) is 39.0. The van der Waals surface area contributed by atoms with Crippen LogP contribution in [0.15, 0.2) is 100 Å². The van der Waals surface area contributed by atoms with E-state index in [1.165, 1.54) is 6.07 Å². The summed E-state index contributed by atoms with van der Waals surface area (Å²) in [7, 11) is 0. The van der Waals surface area contributed by atoms with Gasteiger partial charge in [0, 0.05) is 24.1 Å². The normalized spacial score (nSPS) is 20.7. The monoisotopic (exact) mass is 748 g/mol. The minimum Gasteiger partial charge on any atom is -0.508 e. The summed E-state index contributed by atoms with van der Waals surface area (Å²) in [5, 5.41) is 71.8. The zero-order valence-corrected chi connectivity index (χ0v) is 30.0. The average molecular weight is 749 g/mol. The summed E-state index contributed by atoms with van der Waals surface area (Å²) in [6, 6.07) is 5.39. The summed E-state index contributed by atoms with van der Waals surface area (Å²) < 4.78 is 22.5. The quantitative estimate of drug-likeness (QED) is 0.0348. The molecule has 0 bridgehead atoms. The number of aliphatic hydroxyl groups is 3. The van der Waals surface area contributed by atoms with Gasteiger partial charge in [-0.25, -0.2) is 0 Å². The van der Waals surface area contributed by atoms with Gasteiger partial charge < -0.3 is 54.4 Å². The van der Waals surface area contributed by atoms with Gasteiger partial charge in [0.1, 0.15) is 53.5 Å². The van der Waals surface area contributed by atoms with Gasteiger partial charge in [-0.05, 0) is 63.1 Å². The van der Waals surface area contributed by atoms with Crippen molar-refractivity contribution in [2.24, 2.45) is 0 Å². The lowest BCUT2D eigenvalue weighted by Crippen LogP contribution is -2.60. The van der Waals surface area contributed by atoms with Crippen LogP contribution in [0.25, 0.3) is 22.3 Å². The maximum atomic E-state index is 13.7. The molecule has 3 aromatic rings. The number of carbonyl (C=O) groups excluding carboxylic acids is 1. The average Bonchev–Trinajstić information content (AvgIpc) is 3.14. The van der Waals surface area contributed by atoms with Crippen LogP contribution in [0.2, 0.25) is 0 Å². The van der Waals surface area contributed by atoms with Gasteiger partial charge in [0.05, 0.1) is 0 Å². The Morgan fingerprint density at radius 3 is 2.02 bits per heavy atom. The fraction of sp³-hybridized carbons (Fsp3) is 0.366. The third kappa shape index (κ3) is 11.6. The molecule has 4 rings (SSSR count). The standard InChI is InChI=1S/C41H48O13/c1-2-3-4-5-6-7-8-9-10-11-12-13-14-15-16-17-18-19-33(46)51-25-32-35(47)37(49)38(50)41(53-32)54-40-36(48)34-30(45)23-27(42)24-31(34)52-39(40)26-20-21-28(43)29(44)22-26/h3-4,6-7,9-10,12-13,15-16,20-24,32,35,37-38,41-45,47,49-50H,2,5,8,11,14,17-19,25H2,1H3/b4-3-,7-6-,10-9-,13-12-,16-15-/t32-,35-,37+,38-,41+/m1/s1. The molecule has 0 saturated carbocycles. The Balaban J connectivity index is 1.30. The molecule has 0 spiro atoms. The summed E-state index contributed by atoms with van der Waals surface area (Å²) in [6.45, 7) is 1.60. The Hall–Kier alpha value is -5.34. The molecule has 2 heterocycles. The van der Waals surface area contributed by atoms with Crippen molar-refractivity contribution in [3.8, 4) is 40.1 Å². The van der Waals surface area contributed by atoms with Crippen molar-refractivity contribution in [2.75, 3.05) is 6.61 Å². The minimum absolute atomic E-state index is 0.00285. The smallest absolute Gasteiger partial charge is 0.305 e. The first-order valence-corrected chi connectivity index (χ1v) is 17.8. The predicted molar refractivity (Wildman–Crippen MR) is 201 cm³/mol. The van der Waals surface area contributed by atoms with Crippen molar-refractivity contribution in [3.63, 3.8) is 0 Å². The minimum atomic E-state index is -1.92. The van der Waals surface area contributed by atoms with E-state index in [2.05, 4.69) is 55.5 Å². The predicted octanol–water partition coefficient (Wildman–Crippen LogP) is 5.93. The number of fused-ring (bicyclic) bond motifs is 1. The molecule has 13 nitrogen and oxygen atoms in total. The number of aromatic hydroxyl groups is 4. The molecule has 1 aromatic heterocycles. The number of esters is 1. The van der Waals surface area contributed by atoms with Crippen molar-refractivity contribution in [3.05, 3.63) is 101 Å². The lowest BCUT2D eigenvalue weighted by molar-refractivity contribution is -0.278. The number of allylic oxidation sites excluding steroid dienone is 10. The first-order chi connectivity index (χ1) is 26.0. The molecule has 1 aliphatic heterocycles. The van der Waals surface area contributed by atoms with Crippen LogP contribution < -0.4 is 10.2 Å². The molecule has 290 valence electrons. The first kappa shape index (κ1) is 41.4. The van der Waals surface area contributed by atoms with Gasteiger partial charge >= 0.3 is 5.97 Å². The van der Waals surface area contributed by atoms with E-state index in [4.69, 9.17) is 18.6 Å². The molecular weight excluding hydrogens is 700 g/mol. The van der Waals surface area contributed by atoms with Gasteiger partial charge in [0.25, 0.3) is 0 Å². The third-order valence-corrected chi connectivity index (χ3v) is 8.38. The van der Waals surface area contributed by atoms with Crippen LogP contribution in [0.1, 0.15) is 58.3 Å². The second kappa shape index (κ2) is 20.8. The number of unbranched alkanes of at least 4 members (excludes halogenated alkanes) is 1. The number of hydrogen-bond donors (Lipinski definition) is 7. The van der Waals surface area contributed by atoms with E-state index in [0.717, 1.165) is 56.4 Å². The maximum absolute atomic E-state index is 13.7. The molecule has 7 N–H and O–H groups in total. The van der Waals surface area contributed by atoms with E-state index in [1.54, 1.807) is 0 Å².